The Morgan fingerprint density at radius 2 is 0.766 bits per heavy atom. The van der Waals surface area contributed by atoms with Gasteiger partial charge in [0.2, 0.25) is 0 Å². The second-order valence-corrected chi connectivity index (χ2v) is 20.4. The van der Waals surface area contributed by atoms with E-state index in [-0.39, 0.29) is 29.5 Å². The summed E-state index contributed by atoms with van der Waals surface area (Å²) in [5.74, 6) is 0.405. The van der Waals surface area contributed by atoms with E-state index in [0.29, 0.717) is 54.8 Å². The third-order valence-electron chi connectivity index (χ3n) is 6.20. The van der Waals surface area contributed by atoms with Gasteiger partial charge in [-0.15, -0.1) is 0 Å². The monoisotopic (exact) mass is 685 g/mol. The highest BCUT2D eigenvalue weighted by atomic mass is 16.3. The quantitative estimate of drug-likeness (QED) is 0.129. The largest absolute Gasteiger partial charge is 0.396 e. The van der Waals surface area contributed by atoms with Crippen LogP contribution in [0, 0.1) is 38.4 Å². The Morgan fingerprint density at radius 1 is 0.426 bits per heavy atom. The standard InChI is InChI=1S/C8H18O2.C7H16O2.2C7H16O.C6H14O.C5H12/c1-8(2,3)5-4-7(10)6-9;1-7(2,3)4-6(9)5-8;1-6(5-8)7(2,3)4;1-7(2,3)5-4-6-8;1-6(2,3)4-5-7;1-5(2,3)4/h7,9-10H,4-6H2,1-3H3;6,8-9H,4-5H2,1-3H3;6,8H,5H2,1-4H3;8H,4-6H2,1-3H3;7H,4-5H2,1-3H3;1-4H3/t;;6-;;;/m..1.../s1. The first kappa shape index (κ1) is 58.9. The van der Waals surface area contributed by atoms with Gasteiger partial charge in [0.25, 0.3) is 0 Å². The summed E-state index contributed by atoms with van der Waals surface area (Å²) in [6.45, 7) is 43.3. The second-order valence-electron chi connectivity index (χ2n) is 20.4. The summed E-state index contributed by atoms with van der Waals surface area (Å²) < 4.78 is 0. The highest BCUT2D eigenvalue weighted by Gasteiger charge is 2.18. The minimum Gasteiger partial charge on any atom is -0.396 e. The van der Waals surface area contributed by atoms with Crippen LogP contribution < -0.4 is 0 Å². The highest BCUT2D eigenvalue weighted by Crippen LogP contribution is 2.24. The van der Waals surface area contributed by atoms with Crippen LogP contribution in [0.2, 0.25) is 0 Å². The smallest absolute Gasteiger partial charge is 0.0775 e. The normalized spacial score (nSPS) is 14.1. The molecule has 0 aliphatic rings. The van der Waals surface area contributed by atoms with Crippen molar-refractivity contribution in [3.8, 4) is 0 Å². The maximum absolute atomic E-state index is 8.97. The Bertz CT molecular complexity index is 616. The van der Waals surface area contributed by atoms with Crippen LogP contribution in [-0.4, -0.2) is 81.0 Å². The fraction of sp³-hybridized carbons (Fsp3) is 1.00. The summed E-state index contributed by atoms with van der Waals surface area (Å²) in [5.41, 5.74) is 1.82. The van der Waals surface area contributed by atoms with Crippen molar-refractivity contribution >= 4 is 0 Å². The molecule has 0 aliphatic carbocycles. The molecule has 0 aromatic carbocycles. The minimum atomic E-state index is -0.551. The van der Waals surface area contributed by atoms with Crippen LogP contribution in [0.4, 0.5) is 0 Å². The van der Waals surface area contributed by atoms with E-state index >= 15 is 0 Å². The Kier molecular flexibility index (Phi) is 36.9. The number of hydrogen-bond acceptors (Lipinski definition) is 7. The molecular formula is C40H92O7. The molecule has 0 saturated heterocycles. The van der Waals surface area contributed by atoms with Gasteiger partial charge in [0.05, 0.1) is 25.4 Å². The predicted octanol–water partition coefficient (Wildman–Crippen LogP) is 8.87. The van der Waals surface area contributed by atoms with E-state index in [9.17, 15) is 0 Å². The van der Waals surface area contributed by atoms with E-state index in [1.807, 2.05) is 20.8 Å². The molecule has 7 heteroatoms. The van der Waals surface area contributed by atoms with Gasteiger partial charge in [-0.25, -0.2) is 0 Å². The van der Waals surface area contributed by atoms with Gasteiger partial charge in [0, 0.05) is 19.8 Å². The zero-order chi connectivity index (χ0) is 39.5. The first-order valence-corrected chi connectivity index (χ1v) is 17.9. The molecule has 0 aliphatic heterocycles. The molecule has 2 unspecified atom stereocenters. The molecule has 0 bridgehead atoms. The summed E-state index contributed by atoms with van der Waals surface area (Å²) in [6, 6.07) is 0. The van der Waals surface area contributed by atoms with Gasteiger partial charge in [-0.3, -0.25) is 0 Å². The maximum atomic E-state index is 8.97. The molecule has 0 amide bonds. The molecule has 0 aromatic rings. The zero-order valence-electron chi connectivity index (χ0n) is 35.6. The van der Waals surface area contributed by atoms with E-state index in [0.717, 1.165) is 25.7 Å². The van der Waals surface area contributed by atoms with Crippen LogP contribution in [0.3, 0.4) is 0 Å². The van der Waals surface area contributed by atoms with Crippen LogP contribution >= 0.6 is 0 Å². The first-order chi connectivity index (χ1) is 20.5. The number of hydrogen-bond donors (Lipinski definition) is 7. The molecule has 7 nitrogen and oxygen atoms in total. The molecule has 7 N–H and O–H groups in total. The summed E-state index contributed by atoms with van der Waals surface area (Å²) in [4.78, 5) is 0. The van der Waals surface area contributed by atoms with Crippen molar-refractivity contribution in [1.29, 1.82) is 0 Å². The fourth-order valence-corrected chi connectivity index (χ4v) is 2.68. The molecule has 0 heterocycles. The lowest BCUT2D eigenvalue weighted by molar-refractivity contribution is 0.0612. The second kappa shape index (κ2) is 29.5. The average Bonchev–Trinajstić information content (AvgIpc) is 2.82. The molecule has 3 atom stereocenters. The van der Waals surface area contributed by atoms with E-state index in [2.05, 4.69) is 118 Å². The zero-order valence-corrected chi connectivity index (χ0v) is 35.6. The molecular weight excluding hydrogens is 592 g/mol. The molecule has 0 saturated carbocycles. The number of aliphatic hydroxyl groups is 7. The van der Waals surface area contributed by atoms with Crippen molar-refractivity contribution < 1.29 is 35.7 Å². The third kappa shape index (κ3) is 86.9. The average molecular weight is 685 g/mol. The fourth-order valence-electron chi connectivity index (χ4n) is 2.68. The lowest BCUT2D eigenvalue weighted by atomic mass is 9.83. The summed E-state index contributed by atoms with van der Waals surface area (Å²) in [7, 11) is 0. The SMILES string of the molecule is CC(C)(C)C.CC(C)(C)CC(O)CO.CC(C)(C)CCC(O)CO.CC(C)(C)CCCO.CC(C)(C)CCO.C[C@H](CO)C(C)(C)C. The van der Waals surface area contributed by atoms with E-state index in [4.69, 9.17) is 35.7 Å². The van der Waals surface area contributed by atoms with Gasteiger partial charge in [0.1, 0.15) is 0 Å². The lowest BCUT2D eigenvalue weighted by Gasteiger charge is -2.24. The molecule has 0 spiro atoms. The number of aliphatic hydroxyl groups excluding tert-OH is 7. The van der Waals surface area contributed by atoms with Crippen molar-refractivity contribution in [3.63, 3.8) is 0 Å². The minimum absolute atomic E-state index is 0.113. The Balaban J connectivity index is -0.000000108. The third-order valence-corrected chi connectivity index (χ3v) is 6.20. The Labute approximate surface area is 296 Å². The molecule has 294 valence electrons. The van der Waals surface area contributed by atoms with Crippen molar-refractivity contribution in [1.82, 2.24) is 0 Å². The van der Waals surface area contributed by atoms with Gasteiger partial charge in [-0.05, 0) is 76.9 Å². The molecule has 47 heavy (non-hydrogen) atoms. The van der Waals surface area contributed by atoms with Gasteiger partial charge in [-0.2, -0.15) is 0 Å². The molecule has 0 rings (SSSR count). The number of rotatable bonds is 9. The van der Waals surface area contributed by atoms with Gasteiger partial charge in [0.15, 0.2) is 0 Å². The van der Waals surface area contributed by atoms with Gasteiger partial charge >= 0.3 is 0 Å². The highest BCUT2D eigenvalue weighted by molar-refractivity contribution is 4.68. The van der Waals surface area contributed by atoms with Crippen molar-refractivity contribution in [3.05, 3.63) is 0 Å². The first-order valence-electron chi connectivity index (χ1n) is 17.9. The summed E-state index contributed by atoms with van der Waals surface area (Å²) in [6.07, 6.45) is 4.17. The van der Waals surface area contributed by atoms with E-state index in [1.165, 1.54) is 0 Å². The van der Waals surface area contributed by atoms with E-state index in [1.54, 1.807) is 0 Å². The van der Waals surface area contributed by atoms with Crippen molar-refractivity contribution in [2.75, 3.05) is 33.0 Å². The lowest BCUT2D eigenvalue weighted by Crippen LogP contribution is -2.20. The van der Waals surface area contributed by atoms with Crippen molar-refractivity contribution in [2.45, 2.75) is 189 Å². The maximum Gasteiger partial charge on any atom is 0.0775 e. The molecule has 0 fully saturated rings. The van der Waals surface area contributed by atoms with Crippen LogP contribution in [-0.2, 0) is 0 Å². The van der Waals surface area contributed by atoms with Crippen LogP contribution in [0.15, 0.2) is 0 Å². The predicted molar refractivity (Wildman–Crippen MR) is 207 cm³/mol. The van der Waals surface area contributed by atoms with Crippen LogP contribution in [0.25, 0.3) is 0 Å². The Morgan fingerprint density at radius 3 is 0.872 bits per heavy atom. The van der Waals surface area contributed by atoms with Crippen molar-refractivity contribution in [2.24, 2.45) is 38.4 Å². The summed E-state index contributed by atoms with van der Waals surface area (Å²) >= 11 is 0. The van der Waals surface area contributed by atoms with E-state index < -0.39 is 12.2 Å². The molecule has 0 aromatic heterocycles. The van der Waals surface area contributed by atoms with Crippen LogP contribution in [0.1, 0.15) is 177 Å². The van der Waals surface area contributed by atoms with Crippen LogP contribution in [0.5, 0.6) is 0 Å². The summed E-state index contributed by atoms with van der Waals surface area (Å²) in [5, 5.41) is 60.3. The molecule has 0 radical (unpaired) electrons. The van der Waals surface area contributed by atoms with Gasteiger partial charge in [-0.1, -0.05) is 138 Å². The topological polar surface area (TPSA) is 142 Å². The van der Waals surface area contributed by atoms with Gasteiger partial charge < -0.3 is 35.7 Å². The Hall–Kier alpha value is -0.280.